The fourth-order valence-corrected chi connectivity index (χ4v) is 2.72. The number of anilines is 1. The number of benzene rings is 1. The van der Waals surface area contributed by atoms with Gasteiger partial charge in [-0.2, -0.15) is 10.4 Å². The van der Waals surface area contributed by atoms with Gasteiger partial charge in [0, 0.05) is 16.5 Å². The van der Waals surface area contributed by atoms with Gasteiger partial charge in [-0.25, -0.2) is 4.68 Å². The van der Waals surface area contributed by atoms with Crippen molar-refractivity contribution in [3.05, 3.63) is 70.0 Å². The summed E-state index contributed by atoms with van der Waals surface area (Å²) in [4.78, 5) is 13.4. The molecule has 6 heteroatoms. The highest BCUT2D eigenvalue weighted by Gasteiger charge is 2.10. The first kappa shape index (κ1) is 14.0. The van der Waals surface area contributed by atoms with Gasteiger partial charge >= 0.3 is 0 Å². The first-order valence-corrected chi connectivity index (χ1v) is 7.50. The quantitative estimate of drug-likeness (QED) is 0.805. The Morgan fingerprint density at radius 3 is 3.00 bits per heavy atom. The number of hydrogen-bond donors (Lipinski definition) is 1. The van der Waals surface area contributed by atoms with Crippen molar-refractivity contribution in [1.29, 1.82) is 5.26 Å². The lowest BCUT2D eigenvalue weighted by atomic mass is 10.1. The van der Waals surface area contributed by atoms with Crippen LogP contribution in [-0.2, 0) is 6.54 Å². The molecule has 0 fully saturated rings. The van der Waals surface area contributed by atoms with E-state index in [-0.39, 0.29) is 5.91 Å². The molecular formula is C16H12N4OS. The molecule has 0 radical (unpaired) electrons. The van der Waals surface area contributed by atoms with E-state index in [0.29, 0.717) is 23.5 Å². The predicted octanol–water partition coefficient (Wildman–Crippen LogP) is 3.12. The van der Waals surface area contributed by atoms with Crippen molar-refractivity contribution in [3.8, 4) is 6.07 Å². The highest BCUT2D eigenvalue weighted by molar-refractivity contribution is 7.09. The van der Waals surface area contributed by atoms with E-state index in [9.17, 15) is 4.79 Å². The number of carbonyl (C=O) groups excluding carboxylic acids is 1. The fraction of sp³-hybridized carbons (Fsp3) is 0.0625. The summed E-state index contributed by atoms with van der Waals surface area (Å²) in [6.07, 6.45) is 1.65. The zero-order chi connectivity index (χ0) is 15.4. The number of nitrogens with zero attached hydrogens (tertiary/aromatic N) is 3. The second kappa shape index (κ2) is 6.24. The fourth-order valence-electron chi connectivity index (χ4n) is 2.03. The maximum atomic E-state index is 12.3. The van der Waals surface area contributed by atoms with Crippen molar-refractivity contribution < 1.29 is 4.79 Å². The molecule has 0 saturated carbocycles. The van der Waals surface area contributed by atoms with Crippen LogP contribution in [0.2, 0.25) is 0 Å². The van der Waals surface area contributed by atoms with Gasteiger partial charge in [-0.3, -0.25) is 4.79 Å². The Hall–Kier alpha value is -2.91. The van der Waals surface area contributed by atoms with E-state index in [2.05, 4.69) is 10.4 Å². The zero-order valence-corrected chi connectivity index (χ0v) is 12.4. The number of nitrogens with one attached hydrogen (secondary N) is 1. The number of thiophene rings is 1. The molecule has 1 aromatic carbocycles. The van der Waals surface area contributed by atoms with Gasteiger partial charge in [0.05, 0.1) is 24.4 Å². The topological polar surface area (TPSA) is 70.7 Å². The molecule has 2 heterocycles. The molecule has 22 heavy (non-hydrogen) atoms. The molecule has 0 unspecified atom stereocenters. The van der Waals surface area contributed by atoms with Crippen LogP contribution in [0.3, 0.4) is 0 Å². The average molecular weight is 308 g/mol. The largest absolute Gasteiger partial charge is 0.307 e. The van der Waals surface area contributed by atoms with Crippen molar-refractivity contribution >= 4 is 23.1 Å². The van der Waals surface area contributed by atoms with E-state index in [1.54, 1.807) is 52.5 Å². The SMILES string of the molecule is N#Cc1cccc(C(=O)Nc2ccnn2Cc2cccs2)c1. The summed E-state index contributed by atoms with van der Waals surface area (Å²) < 4.78 is 1.73. The van der Waals surface area contributed by atoms with Crippen LogP contribution in [-0.4, -0.2) is 15.7 Å². The van der Waals surface area contributed by atoms with Gasteiger partial charge in [0.2, 0.25) is 0 Å². The van der Waals surface area contributed by atoms with Gasteiger partial charge in [-0.05, 0) is 29.6 Å². The van der Waals surface area contributed by atoms with Crippen LogP contribution >= 0.6 is 11.3 Å². The van der Waals surface area contributed by atoms with Crippen LogP contribution in [0.25, 0.3) is 0 Å². The third kappa shape index (κ3) is 3.05. The van der Waals surface area contributed by atoms with Gasteiger partial charge in [-0.1, -0.05) is 12.1 Å². The van der Waals surface area contributed by atoms with Crippen molar-refractivity contribution in [2.45, 2.75) is 6.54 Å². The van der Waals surface area contributed by atoms with Crippen LogP contribution < -0.4 is 5.32 Å². The highest BCUT2D eigenvalue weighted by Crippen LogP contribution is 2.15. The normalized spacial score (nSPS) is 10.1. The minimum Gasteiger partial charge on any atom is -0.307 e. The summed E-state index contributed by atoms with van der Waals surface area (Å²) in [5.74, 6) is 0.366. The first-order chi connectivity index (χ1) is 10.8. The Morgan fingerprint density at radius 1 is 1.32 bits per heavy atom. The number of hydrogen-bond acceptors (Lipinski definition) is 4. The number of aromatic nitrogens is 2. The van der Waals surface area contributed by atoms with Gasteiger partial charge < -0.3 is 5.32 Å². The van der Waals surface area contributed by atoms with Crippen molar-refractivity contribution in [2.75, 3.05) is 5.32 Å². The van der Waals surface area contributed by atoms with Crippen LogP contribution in [0.15, 0.2) is 54.0 Å². The smallest absolute Gasteiger partial charge is 0.256 e. The van der Waals surface area contributed by atoms with E-state index in [1.807, 2.05) is 23.6 Å². The van der Waals surface area contributed by atoms with Gasteiger partial charge in [-0.15, -0.1) is 11.3 Å². The lowest BCUT2D eigenvalue weighted by molar-refractivity contribution is 0.102. The molecular weight excluding hydrogens is 296 g/mol. The van der Waals surface area contributed by atoms with E-state index in [4.69, 9.17) is 5.26 Å². The summed E-state index contributed by atoms with van der Waals surface area (Å²) in [6, 6.07) is 14.4. The molecule has 3 rings (SSSR count). The molecule has 1 N–H and O–H groups in total. The first-order valence-electron chi connectivity index (χ1n) is 6.62. The highest BCUT2D eigenvalue weighted by atomic mass is 32.1. The predicted molar refractivity (Wildman–Crippen MR) is 84.8 cm³/mol. The second-order valence-corrected chi connectivity index (χ2v) is 5.63. The molecule has 3 aromatic rings. The molecule has 0 bridgehead atoms. The molecule has 0 saturated heterocycles. The summed E-state index contributed by atoms with van der Waals surface area (Å²) in [7, 11) is 0. The number of nitriles is 1. The molecule has 1 amide bonds. The Bertz CT molecular complexity index is 830. The summed E-state index contributed by atoms with van der Waals surface area (Å²) >= 11 is 1.64. The van der Waals surface area contributed by atoms with Crippen LogP contribution in [0.5, 0.6) is 0 Å². The van der Waals surface area contributed by atoms with Crippen LogP contribution in [0, 0.1) is 11.3 Å². The number of amides is 1. The number of carbonyl (C=O) groups is 1. The average Bonchev–Trinajstić information content (AvgIpc) is 3.20. The molecule has 0 atom stereocenters. The lowest BCUT2D eigenvalue weighted by Gasteiger charge is -2.08. The zero-order valence-electron chi connectivity index (χ0n) is 11.6. The van der Waals surface area contributed by atoms with Crippen molar-refractivity contribution in [3.63, 3.8) is 0 Å². The Morgan fingerprint density at radius 2 is 2.23 bits per heavy atom. The monoisotopic (exact) mass is 308 g/mol. The number of rotatable bonds is 4. The lowest BCUT2D eigenvalue weighted by Crippen LogP contribution is -2.16. The van der Waals surface area contributed by atoms with E-state index >= 15 is 0 Å². The molecule has 2 aromatic heterocycles. The Kier molecular flexibility index (Phi) is 3.99. The van der Waals surface area contributed by atoms with Crippen LogP contribution in [0.4, 0.5) is 5.82 Å². The standard InChI is InChI=1S/C16H12N4OS/c17-10-12-3-1-4-13(9-12)16(21)19-15-6-7-18-20(15)11-14-5-2-8-22-14/h1-9H,11H2,(H,19,21). The Labute approximate surface area is 131 Å². The molecule has 0 spiro atoms. The van der Waals surface area contributed by atoms with E-state index in [1.165, 1.54) is 0 Å². The van der Waals surface area contributed by atoms with E-state index < -0.39 is 0 Å². The van der Waals surface area contributed by atoms with Gasteiger partial charge in [0.25, 0.3) is 5.91 Å². The molecule has 0 aliphatic heterocycles. The van der Waals surface area contributed by atoms with E-state index in [0.717, 1.165) is 4.88 Å². The van der Waals surface area contributed by atoms with Crippen molar-refractivity contribution in [2.24, 2.45) is 0 Å². The Balaban J connectivity index is 1.77. The molecule has 0 aliphatic rings. The minimum absolute atomic E-state index is 0.259. The molecule has 5 nitrogen and oxygen atoms in total. The maximum absolute atomic E-state index is 12.3. The molecule has 0 aliphatic carbocycles. The summed E-state index contributed by atoms with van der Waals surface area (Å²) in [6.45, 7) is 0.610. The second-order valence-electron chi connectivity index (χ2n) is 4.60. The third-order valence-corrected chi connectivity index (χ3v) is 3.96. The summed E-state index contributed by atoms with van der Waals surface area (Å²) in [5, 5.41) is 18.0. The summed E-state index contributed by atoms with van der Waals surface area (Å²) in [5.41, 5.74) is 0.905. The molecule has 108 valence electrons. The maximum Gasteiger partial charge on any atom is 0.256 e. The van der Waals surface area contributed by atoms with Crippen LogP contribution in [0.1, 0.15) is 20.8 Å². The van der Waals surface area contributed by atoms with Gasteiger partial charge in [0.1, 0.15) is 5.82 Å². The minimum atomic E-state index is -0.259. The van der Waals surface area contributed by atoms with Gasteiger partial charge in [0.15, 0.2) is 0 Å². The van der Waals surface area contributed by atoms with Crippen molar-refractivity contribution in [1.82, 2.24) is 9.78 Å². The third-order valence-electron chi connectivity index (χ3n) is 3.10.